The van der Waals surface area contributed by atoms with Crippen LogP contribution in [0.25, 0.3) is 34.4 Å². The van der Waals surface area contributed by atoms with Crippen LogP contribution in [0, 0.1) is 0 Å². The van der Waals surface area contributed by atoms with Crippen LogP contribution in [0.1, 0.15) is 30.0 Å². The van der Waals surface area contributed by atoms with Crippen LogP contribution in [0.3, 0.4) is 0 Å². The van der Waals surface area contributed by atoms with Gasteiger partial charge in [0.15, 0.2) is 0 Å². The van der Waals surface area contributed by atoms with Crippen molar-refractivity contribution in [3.05, 3.63) is 100 Å². The zero-order valence-corrected chi connectivity index (χ0v) is 15.5. The van der Waals surface area contributed by atoms with E-state index in [1.54, 1.807) is 0 Å². The normalized spacial score (nSPS) is 14.0. The number of benzene rings is 3. The van der Waals surface area contributed by atoms with Crippen LogP contribution < -0.4 is 5.56 Å². The van der Waals surface area contributed by atoms with E-state index >= 15 is 0 Å². The molecule has 4 aromatic rings. The number of aromatic nitrogens is 2. The third-order valence-electron chi connectivity index (χ3n) is 5.18. The van der Waals surface area contributed by atoms with Gasteiger partial charge in [0.1, 0.15) is 5.82 Å². The van der Waals surface area contributed by atoms with E-state index in [-0.39, 0.29) is 11.6 Å². The summed E-state index contributed by atoms with van der Waals surface area (Å²) in [5, 5.41) is 0.690. The van der Waals surface area contributed by atoms with Crippen LogP contribution in [0.15, 0.2) is 83.7 Å². The minimum absolute atomic E-state index is 0.0601. The van der Waals surface area contributed by atoms with Gasteiger partial charge in [0.25, 0.3) is 5.56 Å². The Hall–Kier alpha value is -3.46. The summed E-state index contributed by atoms with van der Waals surface area (Å²) >= 11 is 0. The minimum Gasteiger partial charge on any atom is -0.289 e. The molecule has 136 valence electrons. The maximum absolute atomic E-state index is 13.2. The Labute approximate surface area is 163 Å². The smallest absolute Gasteiger partial charge is 0.261 e. The average Bonchev–Trinajstić information content (AvgIpc) is 3.58. The van der Waals surface area contributed by atoms with Gasteiger partial charge in [-0.25, -0.2) is 4.98 Å². The molecule has 28 heavy (non-hydrogen) atoms. The predicted molar refractivity (Wildman–Crippen MR) is 115 cm³/mol. The van der Waals surface area contributed by atoms with Gasteiger partial charge < -0.3 is 0 Å². The molecule has 0 saturated heterocycles. The first-order valence-electron chi connectivity index (χ1n) is 9.65. The van der Waals surface area contributed by atoms with Gasteiger partial charge in [-0.15, -0.1) is 0 Å². The summed E-state index contributed by atoms with van der Waals surface area (Å²) in [7, 11) is 0. The zero-order valence-electron chi connectivity index (χ0n) is 15.5. The maximum atomic E-state index is 13.2. The Balaban J connectivity index is 1.70. The fourth-order valence-corrected chi connectivity index (χ4v) is 3.60. The SMILES string of the molecule is O=c1c2ccccc2nc(-c2ccccc2/C=C/c2ccccc2)n1C1CC1. The summed E-state index contributed by atoms with van der Waals surface area (Å²) in [4.78, 5) is 18.1. The van der Waals surface area contributed by atoms with E-state index in [1.807, 2.05) is 59.2 Å². The topological polar surface area (TPSA) is 34.9 Å². The highest BCUT2D eigenvalue weighted by Crippen LogP contribution is 2.37. The summed E-state index contributed by atoms with van der Waals surface area (Å²) < 4.78 is 1.90. The molecule has 5 rings (SSSR count). The molecule has 1 aliphatic carbocycles. The van der Waals surface area contributed by atoms with Gasteiger partial charge in [0.2, 0.25) is 0 Å². The molecule has 3 aromatic carbocycles. The lowest BCUT2D eigenvalue weighted by atomic mass is 10.0. The van der Waals surface area contributed by atoms with Crippen molar-refractivity contribution in [2.45, 2.75) is 18.9 Å². The molecule has 1 aliphatic rings. The fraction of sp³-hybridized carbons (Fsp3) is 0.120. The van der Waals surface area contributed by atoms with Crippen LogP contribution in [-0.4, -0.2) is 9.55 Å². The molecule has 0 unspecified atom stereocenters. The Morgan fingerprint density at radius 2 is 1.54 bits per heavy atom. The van der Waals surface area contributed by atoms with Crippen LogP contribution in [0.4, 0.5) is 0 Å². The van der Waals surface area contributed by atoms with E-state index < -0.39 is 0 Å². The molecule has 0 N–H and O–H groups in total. The Morgan fingerprint density at radius 1 is 0.821 bits per heavy atom. The number of fused-ring (bicyclic) bond motifs is 1. The highest BCUT2D eigenvalue weighted by atomic mass is 16.1. The lowest BCUT2D eigenvalue weighted by Gasteiger charge is -2.14. The summed E-state index contributed by atoms with van der Waals surface area (Å²) in [5.74, 6) is 0.763. The molecular weight excluding hydrogens is 344 g/mol. The Morgan fingerprint density at radius 3 is 2.36 bits per heavy atom. The highest BCUT2D eigenvalue weighted by Gasteiger charge is 2.29. The van der Waals surface area contributed by atoms with Gasteiger partial charge in [-0.3, -0.25) is 9.36 Å². The van der Waals surface area contributed by atoms with Crippen molar-refractivity contribution in [3.8, 4) is 11.4 Å². The van der Waals surface area contributed by atoms with Gasteiger partial charge in [-0.05, 0) is 36.1 Å². The van der Waals surface area contributed by atoms with Gasteiger partial charge in [-0.1, -0.05) is 78.9 Å². The second-order valence-corrected chi connectivity index (χ2v) is 7.19. The first-order valence-corrected chi connectivity index (χ1v) is 9.65. The quantitative estimate of drug-likeness (QED) is 0.444. The molecule has 1 heterocycles. The molecule has 3 heteroatoms. The lowest BCUT2D eigenvalue weighted by Crippen LogP contribution is -2.22. The standard InChI is InChI=1S/C25H20N2O/c28-25-22-12-6-7-13-23(22)26-24(27(25)20-16-17-20)21-11-5-4-10-19(21)15-14-18-8-2-1-3-9-18/h1-15,20H,16-17H2/b15-14+. The van der Waals surface area contributed by atoms with Gasteiger partial charge >= 0.3 is 0 Å². The maximum Gasteiger partial charge on any atom is 0.261 e. The largest absolute Gasteiger partial charge is 0.289 e. The molecule has 0 atom stereocenters. The lowest BCUT2D eigenvalue weighted by molar-refractivity contribution is 0.708. The fourth-order valence-electron chi connectivity index (χ4n) is 3.60. The highest BCUT2D eigenvalue weighted by molar-refractivity contribution is 5.83. The molecule has 0 bridgehead atoms. The molecule has 1 aromatic heterocycles. The summed E-state index contributed by atoms with van der Waals surface area (Å²) in [5.41, 5.74) is 4.00. The molecule has 1 fully saturated rings. The third-order valence-corrected chi connectivity index (χ3v) is 5.18. The monoisotopic (exact) mass is 364 g/mol. The van der Waals surface area contributed by atoms with Crippen molar-refractivity contribution in [3.63, 3.8) is 0 Å². The molecule has 1 saturated carbocycles. The number of hydrogen-bond acceptors (Lipinski definition) is 2. The summed E-state index contributed by atoms with van der Waals surface area (Å²) in [6.07, 6.45) is 6.27. The Bertz CT molecular complexity index is 1230. The van der Waals surface area contributed by atoms with Crippen LogP contribution in [0.2, 0.25) is 0 Å². The van der Waals surface area contributed by atoms with Gasteiger partial charge in [-0.2, -0.15) is 0 Å². The van der Waals surface area contributed by atoms with Crippen molar-refractivity contribution in [1.29, 1.82) is 0 Å². The van der Waals surface area contributed by atoms with Crippen LogP contribution in [-0.2, 0) is 0 Å². The van der Waals surface area contributed by atoms with Gasteiger partial charge in [0.05, 0.1) is 10.9 Å². The molecule has 0 radical (unpaired) electrons. The van der Waals surface area contributed by atoms with Crippen molar-refractivity contribution < 1.29 is 0 Å². The number of hydrogen-bond donors (Lipinski definition) is 0. The first-order chi connectivity index (χ1) is 13.8. The van der Waals surface area contributed by atoms with Crippen molar-refractivity contribution in [2.24, 2.45) is 0 Å². The molecule has 3 nitrogen and oxygen atoms in total. The van der Waals surface area contributed by atoms with Crippen molar-refractivity contribution in [2.75, 3.05) is 0 Å². The van der Waals surface area contributed by atoms with Gasteiger partial charge in [0, 0.05) is 11.6 Å². The molecule has 0 spiro atoms. The van der Waals surface area contributed by atoms with E-state index in [0.29, 0.717) is 5.39 Å². The summed E-state index contributed by atoms with van der Waals surface area (Å²) in [6.45, 7) is 0. The molecule has 0 amide bonds. The van der Waals surface area contributed by atoms with Crippen molar-refractivity contribution in [1.82, 2.24) is 9.55 Å². The van der Waals surface area contributed by atoms with E-state index in [4.69, 9.17) is 4.98 Å². The molecule has 0 aliphatic heterocycles. The average molecular weight is 364 g/mol. The second kappa shape index (κ2) is 6.93. The van der Waals surface area contributed by atoms with E-state index in [2.05, 4.69) is 36.4 Å². The summed E-state index contributed by atoms with van der Waals surface area (Å²) in [6, 6.07) is 26.3. The zero-order chi connectivity index (χ0) is 18.9. The Kier molecular flexibility index (Phi) is 4.13. The second-order valence-electron chi connectivity index (χ2n) is 7.19. The predicted octanol–water partition coefficient (Wildman–Crippen LogP) is 5.57. The van der Waals surface area contributed by atoms with E-state index in [0.717, 1.165) is 40.9 Å². The molecular formula is C25H20N2O. The first kappa shape index (κ1) is 16.7. The van der Waals surface area contributed by atoms with Crippen LogP contribution in [0.5, 0.6) is 0 Å². The van der Waals surface area contributed by atoms with Crippen molar-refractivity contribution >= 4 is 23.1 Å². The van der Waals surface area contributed by atoms with E-state index in [9.17, 15) is 4.79 Å². The third kappa shape index (κ3) is 3.05. The number of rotatable bonds is 4. The van der Waals surface area contributed by atoms with Crippen LogP contribution >= 0.6 is 0 Å². The van der Waals surface area contributed by atoms with E-state index in [1.165, 1.54) is 0 Å². The minimum atomic E-state index is 0.0601. The number of nitrogens with zero attached hydrogens (tertiary/aromatic N) is 2. The number of para-hydroxylation sites is 1.